The van der Waals surface area contributed by atoms with Crippen molar-refractivity contribution in [1.29, 1.82) is 0 Å². The molecule has 0 rings (SSSR count). The summed E-state index contributed by atoms with van der Waals surface area (Å²) in [6.45, 7) is 4.69. The summed E-state index contributed by atoms with van der Waals surface area (Å²) >= 11 is 0. The highest BCUT2D eigenvalue weighted by atomic mass is 16.7. The van der Waals surface area contributed by atoms with E-state index in [2.05, 4.69) is 10.3 Å². The number of hydroxylamine groups is 1. The normalized spacial score (nSPS) is 9.40. The van der Waals surface area contributed by atoms with Crippen molar-refractivity contribution in [2.45, 2.75) is 33.1 Å². The van der Waals surface area contributed by atoms with Gasteiger partial charge in [-0.1, -0.05) is 13.8 Å². The zero-order valence-electron chi connectivity index (χ0n) is 6.64. The summed E-state index contributed by atoms with van der Waals surface area (Å²) in [5.74, 6) is -0.170. The second kappa shape index (κ2) is 6.55. The summed E-state index contributed by atoms with van der Waals surface area (Å²) in [5, 5.41) is 0. The molecule has 0 aromatic rings. The molecule has 0 spiro atoms. The van der Waals surface area contributed by atoms with Crippen LogP contribution in [0.15, 0.2) is 0 Å². The lowest BCUT2D eigenvalue weighted by Crippen LogP contribution is -2.20. The highest BCUT2D eigenvalue weighted by Crippen LogP contribution is 1.88. The molecular weight excluding hydrogens is 130 g/mol. The number of nitrogens with one attached hydrogen (secondary N) is 1. The van der Waals surface area contributed by atoms with Crippen molar-refractivity contribution in [3.05, 3.63) is 0 Å². The maximum Gasteiger partial charge on any atom is 0.324 e. The van der Waals surface area contributed by atoms with E-state index in [0.717, 1.165) is 19.4 Å². The SMILES string of the molecule is CCCNOC(=O)CCC. The van der Waals surface area contributed by atoms with Crippen molar-refractivity contribution in [2.24, 2.45) is 0 Å². The van der Waals surface area contributed by atoms with E-state index < -0.39 is 0 Å². The Morgan fingerprint density at radius 2 is 2.10 bits per heavy atom. The van der Waals surface area contributed by atoms with E-state index in [0.29, 0.717) is 6.42 Å². The van der Waals surface area contributed by atoms with Crippen molar-refractivity contribution in [3.63, 3.8) is 0 Å². The van der Waals surface area contributed by atoms with Gasteiger partial charge >= 0.3 is 5.97 Å². The molecule has 1 N–H and O–H groups in total. The molecule has 0 radical (unpaired) electrons. The van der Waals surface area contributed by atoms with Crippen LogP contribution in [0, 0.1) is 0 Å². The summed E-state index contributed by atoms with van der Waals surface area (Å²) in [6.07, 6.45) is 2.31. The summed E-state index contributed by atoms with van der Waals surface area (Å²) in [4.78, 5) is 15.3. The number of carbonyl (C=O) groups is 1. The fraction of sp³-hybridized carbons (Fsp3) is 0.857. The van der Waals surface area contributed by atoms with Gasteiger partial charge in [-0.25, -0.2) is 0 Å². The molecule has 3 nitrogen and oxygen atoms in total. The Kier molecular flexibility index (Phi) is 6.18. The molecule has 0 aliphatic heterocycles. The van der Waals surface area contributed by atoms with Gasteiger partial charge in [-0.15, -0.1) is 0 Å². The van der Waals surface area contributed by atoms with E-state index in [-0.39, 0.29) is 5.97 Å². The van der Waals surface area contributed by atoms with Crippen LogP contribution >= 0.6 is 0 Å². The Morgan fingerprint density at radius 3 is 2.60 bits per heavy atom. The average molecular weight is 145 g/mol. The fourth-order valence-corrected chi connectivity index (χ4v) is 0.489. The van der Waals surface area contributed by atoms with Crippen molar-refractivity contribution in [1.82, 2.24) is 5.48 Å². The Hall–Kier alpha value is -0.570. The lowest BCUT2D eigenvalue weighted by molar-refractivity contribution is -0.151. The fourth-order valence-electron chi connectivity index (χ4n) is 0.489. The van der Waals surface area contributed by atoms with Crippen LogP contribution in [0.4, 0.5) is 0 Å². The van der Waals surface area contributed by atoms with Crippen LogP contribution in [-0.2, 0) is 9.63 Å². The van der Waals surface area contributed by atoms with E-state index in [1.807, 2.05) is 13.8 Å². The van der Waals surface area contributed by atoms with Gasteiger partial charge in [-0.05, 0) is 12.8 Å². The molecule has 0 saturated carbocycles. The molecule has 0 bridgehead atoms. The molecule has 0 unspecified atom stereocenters. The van der Waals surface area contributed by atoms with Crippen molar-refractivity contribution >= 4 is 5.97 Å². The third-order valence-electron chi connectivity index (χ3n) is 0.992. The van der Waals surface area contributed by atoms with Crippen LogP contribution in [0.3, 0.4) is 0 Å². The number of hydrogen-bond acceptors (Lipinski definition) is 3. The minimum Gasteiger partial charge on any atom is -0.371 e. The standard InChI is InChI=1S/C7H15NO2/c1-3-5-7(9)10-8-6-4-2/h8H,3-6H2,1-2H3. The molecule has 60 valence electrons. The zero-order valence-corrected chi connectivity index (χ0v) is 6.64. The molecular formula is C7H15NO2. The molecule has 0 fully saturated rings. The minimum absolute atomic E-state index is 0.170. The van der Waals surface area contributed by atoms with E-state index in [1.54, 1.807) is 0 Å². The van der Waals surface area contributed by atoms with Crippen LogP contribution in [0.1, 0.15) is 33.1 Å². The summed E-state index contributed by atoms with van der Waals surface area (Å²) in [6, 6.07) is 0. The summed E-state index contributed by atoms with van der Waals surface area (Å²) < 4.78 is 0. The maximum absolute atomic E-state index is 10.6. The highest BCUT2D eigenvalue weighted by molar-refractivity contribution is 5.68. The Morgan fingerprint density at radius 1 is 1.40 bits per heavy atom. The quantitative estimate of drug-likeness (QED) is 0.467. The van der Waals surface area contributed by atoms with Gasteiger partial charge in [0.25, 0.3) is 0 Å². The van der Waals surface area contributed by atoms with Crippen LogP contribution in [0.25, 0.3) is 0 Å². The smallest absolute Gasteiger partial charge is 0.324 e. The number of rotatable bonds is 5. The molecule has 3 heteroatoms. The van der Waals surface area contributed by atoms with Gasteiger partial charge in [0.1, 0.15) is 0 Å². The first kappa shape index (κ1) is 9.43. The molecule has 0 saturated heterocycles. The molecule has 0 heterocycles. The third kappa shape index (κ3) is 5.56. The van der Waals surface area contributed by atoms with E-state index in [9.17, 15) is 4.79 Å². The lowest BCUT2D eigenvalue weighted by Gasteiger charge is -2.01. The minimum atomic E-state index is -0.170. The van der Waals surface area contributed by atoms with Gasteiger partial charge in [0.2, 0.25) is 0 Å². The van der Waals surface area contributed by atoms with Gasteiger partial charge in [0, 0.05) is 13.0 Å². The molecule has 10 heavy (non-hydrogen) atoms. The van der Waals surface area contributed by atoms with Gasteiger partial charge in [0.05, 0.1) is 0 Å². The second-order valence-corrected chi connectivity index (χ2v) is 2.12. The molecule has 0 amide bonds. The topological polar surface area (TPSA) is 38.3 Å². The first-order chi connectivity index (χ1) is 4.81. The third-order valence-corrected chi connectivity index (χ3v) is 0.992. The van der Waals surface area contributed by atoms with Crippen molar-refractivity contribution in [3.8, 4) is 0 Å². The van der Waals surface area contributed by atoms with Gasteiger partial charge < -0.3 is 4.84 Å². The summed E-state index contributed by atoms with van der Waals surface area (Å²) in [5.41, 5.74) is 2.57. The van der Waals surface area contributed by atoms with Gasteiger partial charge in [0.15, 0.2) is 0 Å². The van der Waals surface area contributed by atoms with Crippen molar-refractivity contribution in [2.75, 3.05) is 6.54 Å². The van der Waals surface area contributed by atoms with E-state index >= 15 is 0 Å². The Labute approximate surface area is 61.7 Å². The number of carbonyl (C=O) groups excluding carboxylic acids is 1. The predicted molar refractivity (Wildman–Crippen MR) is 39.3 cm³/mol. The summed E-state index contributed by atoms with van der Waals surface area (Å²) in [7, 11) is 0. The highest BCUT2D eigenvalue weighted by Gasteiger charge is 1.97. The Bertz CT molecular complexity index is 93.6. The van der Waals surface area contributed by atoms with Crippen LogP contribution in [0.5, 0.6) is 0 Å². The van der Waals surface area contributed by atoms with E-state index in [1.165, 1.54) is 0 Å². The van der Waals surface area contributed by atoms with Crippen LogP contribution in [0.2, 0.25) is 0 Å². The molecule has 0 aromatic carbocycles. The molecule has 0 aliphatic carbocycles. The molecule has 0 aromatic heterocycles. The van der Waals surface area contributed by atoms with Crippen LogP contribution in [-0.4, -0.2) is 12.5 Å². The molecule has 0 atom stereocenters. The largest absolute Gasteiger partial charge is 0.371 e. The monoisotopic (exact) mass is 145 g/mol. The first-order valence-corrected chi connectivity index (χ1v) is 3.73. The predicted octanol–water partition coefficient (Wildman–Crippen LogP) is 1.24. The zero-order chi connectivity index (χ0) is 7.82. The lowest BCUT2D eigenvalue weighted by atomic mass is 10.3. The van der Waals surface area contributed by atoms with Gasteiger partial charge in [-0.3, -0.25) is 4.79 Å². The number of hydrogen-bond donors (Lipinski definition) is 1. The van der Waals surface area contributed by atoms with E-state index in [4.69, 9.17) is 0 Å². The average Bonchev–Trinajstić information content (AvgIpc) is 1.89. The molecule has 0 aliphatic rings. The first-order valence-electron chi connectivity index (χ1n) is 3.73. The maximum atomic E-state index is 10.6. The van der Waals surface area contributed by atoms with Crippen molar-refractivity contribution < 1.29 is 9.63 Å². The Balaban J connectivity index is 3.05. The van der Waals surface area contributed by atoms with Gasteiger partial charge in [-0.2, -0.15) is 5.48 Å². The van der Waals surface area contributed by atoms with Crippen LogP contribution < -0.4 is 5.48 Å². The second-order valence-electron chi connectivity index (χ2n) is 2.12.